The van der Waals surface area contributed by atoms with Crippen LogP contribution in [0.3, 0.4) is 0 Å². The highest BCUT2D eigenvalue weighted by Gasteiger charge is 2.38. The van der Waals surface area contributed by atoms with Gasteiger partial charge in [-0.2, -0.15) is 13.2 Å². The SMILES string of the molecule is CCCCN(CC)c1ccc(NS(=O)(=O)c2ccc(C)cc2C)cc1C(=O)O.O=C(O)C(F)(F)F. The number of nitrogens with zero attached hydrogens (tertiary/aromatic N) is 1. The number of nitrogens with one attached hydrogen (secondary N) is 1. The second-order valence-corrected chi connectivity index (χ2v) is 9.30. The molecule has 3 N–H and O–H groups in total. The molecular formula is C23H29F3N2O6S. The maximum atomic E-state index is 12.8. The summed E-state index contributed by atoms with van der Waals surface area (Å²) in [5.41, 5.74) is 2.52. The lowest BCUT2D eigenvalue weighted by atomic mass is 10.1. The van der Waals surface area contributed by atoms with Crippen molar-refractivity contribution < 1.29 is 41.4 Å². The van der Waals surface area contributed by atoms with Crippen LogP contribution in [0.5, 0.6) is 0 Å². The largest absolute Gasteiger partial charge is 0.490 e. The minimum absolute atomic E-state index is 0.0822. The van der Waals surface area contributed by atoms with Crippen LogP contribution in [0.15, 0.2) is 41.3 Å². The molecule has 35 heavy (non-hydrogen) atoms. The fraction of sp³-hybridized carbons (Fsp3) is 0.391. The van der Waals surface area contributed by atoms with E-state index >= 15 is 0 Å². The molecule has 0 aliphatic heterocycles. The van der Waals surface area contributed by atoms with Crippen LogP contribution < -0.4 is 9.62 Å². The quantitative estimate of drug-likeness (QED) is 0.424. The Morgan fingerprint density at radius 1 is 1.03 bits per heavy atom. The van der Waals surface area contributed by atoms with Crippen molar-refractivity contribution in [2.24, 2.45) is 0 Å². The lowest BCUT2D eigenvalue weighted by molar-refractivity contribution is -0.192. The average molecular weight is 519 g/mol. The number of alkyl halides is 3. The van der Waals surface area contributed by atoms with Gasteiger partial charge in [-0.05, 0) is 57.0 Å². The summed E-state index contributed by atoms with van der Waals surface area (Å²) < 4.78 is 59.8. The molecule has 0 unspecified atom stereocenters. The number of unbranched alkanes of at least 4 members (excludes halogenated alkanes) is 1. The van der Waals surface area contributed by atoms with Gasteiger partial charge in [-0.3, -0.25) is 4.72 Å². The van der Waals surface area contributed by atoms with Crippen LogP contribution in [-0.4, -0.2) is 49.8 Å². The number of carbonyl (C=O) groups is 2. The number of aromatic carboxylic acids is 1. The molecule has 0 saturated carbocycles. The highest BCUT2D eigenvalue weighted by atomic mass is 32.2. The molecule has 0 heterocycles. The molecule has 2 aromatic carbocycles. The molecule has 0 atom stereocenters. The number of benzene rings is 2. The number of aryl methyl sites for hydroxylation is 2. The third-order valence-electron chi connectivity index (χ3n) is 4.85. The van der Waals surface area contributed by atoms with Crippen molar-refractivity contribution in [2.45, 2.75) is 51.6 Å². The van der Waals surface area contributed by atoms with E-state index in [4.69, 9.17) is 9.90 Å². The number of hydrogen-bond acceptors (Lipinski definition) is 5. The minimum Gasteiger partial charge on any atom is -0.478 e. The Kier molecular flexibility index (Phi) is 10.6. The van der Waals surface area contributed by atoms with Crippen LogP contribution in [0.2, 0.25) is 0 Å². The van der Waals surface area contributed by atoms with Crippen LogP contribution in [0.4, 0.5) is 24.5 Å². The summed E-state index contributed by atoms with van der Waals surface area (Å²) in [5.74, 6) is -3.84. The van der Waals surface area contributed by atoms with E-state index in [0.717, 1.165) is 24.9 Å². The van der Waals surface area contributed by atoms with E-state index in [-0.39, 0.29) is 16.1 Å². The molecule has 2 aromatic rings. The molecule has 0 aliphatic rings. The predicted octanol–water partition coefficient (Wildman–Crippen LogP) is 5.06. The van der Waals surface area contributed by atoms with Gasteiger partial charge in [0.15, 0.2) is 0 Å². The first-order valence-electron chi connectivity index (χ1n) is 10.7. The molecule has 0 saturated heterocycles. The zero-order chi connectivity index (χ0) is 27.0. The van der Waals surface area contributed by atoms with Gasteiger partial charge >= 0.3 is 18.1 Å². The summed E-state index contributed by atoms with van der Waals surface area (Å²) in [6.07, 6.45) is -3.12. The first-order valence-corrected chi connectivity index (χ1v) is 12.1. The van der Waals surface area contributed by atoms with Gasteiger partial charge in [0, 0.05) is 18.8 Å². The Hall–Kier alpha value is -3.28. The van der Waals surface area contributed by atoms with Crippen LogP contribution in [0.25, 0.3) is 0 Å². The van der Waals surface area contributed by atoms with Crippen molar-refractivity contribution in [2.75, 3.05) is 22.7 Å². The average Bonchev–Trinajstić information content (AvgIpc) is 2.74. The van der Waals surface area contributed by atoms with Crippen molar-refractivity contribution >= 4 is 33.3 Å². The summed E-state index contributed by atoms with van der Waals surface area (Å²) in [7, 11) is -3.81. The lowest BCUT2D eigenvalue weighted by Gasteiger charge is -2.25. The third kappa shape index (κ3) is 8.78. The van der Waals surface area contributed by atoms with E-state index in [1.807, 2.05) is 18.7 Å². The second kappa shape index (κ2) is 12.4. The number of hydrogen-bond donors (Lipinski definition) is 3. The van der Waals surface area contributed by atoms with Crippen molar-refractivity contribution in [3.63, 3.8) is 0 Å². The molecule has 0 bridgehead atoms. The summed E-state index contributed by atoms with van der Waals surface area (Å²) >= 11 is 0. The fourth-order valence-corrected chi connectivity index (χ4v) is 4.43. The zero-order valence-corrected chi connectivity index (χ0v) is 20.6. The Balaban J connectivity index is 0.000000762. The van der Waals surface area contributed by atoms with Gasteiger partial charge in [-0.25, -0.2) is 18.0 Å². The number of carboxylic acid groups (broad SMARTS) is 2. The predicted molar refractivity (Wildman–Crippen MR) is 127 cm³/mol. The van der Waals surface area contributed by atoms with E-state index in [1.54, 1.807) is 37.3 Å². The Bertz CT molecular complexity index is 1150. The molecule has 0 radical (unpaired) electrons. The van der Waals surface area contributed by atoms with Gasteiger partial charge in [0.25, 0.3) is 10.0 Å². The number of rotatable bonds is 9. The highest BCUT2D eigenvalue weighted by Crippen LogP contribution is 2.27. The first-order chi connectivity index (χ1) is 16.1. The molecule has 0 spiro atoms. The molecule has 0 fully saturated rings. The van der Waals surface area contributed by atoms with E-state index in [9.17, 15) is 31.5 Å². The molecule has 0 amide bonds. The lowest BCUT2D eigenvalue weighted by Crippen LogP contribution is -2.26. The normalized spacial score (nSPS) is 11.3. The molecule has 194 valence electrons. The van der Waals surface area contributed by atoms with Gasteiger partial charge in [-0.1, -0.05) is 31.0 Å². The van der Waals surface area contributed by atoms with E-state index in [1.165, 1.54) is 6.07 Å². The van der Waals surface area contributed by atoms with Gasteiger partial charge in [0.05, 0.1) is 16.1 Å². The second-order valence-electron chi connectivity index (χ2n) is 7.65. The Morgan fingerprint density at radius 3 is 2.09 bits per heavy atom. The molecule has 2 rings (SSSR count). The van der Waals surface area contributed by atoms with Crippen molar-refractivity contribution in [3.05, 3.63) is 53.1 Å². The van der Waals surface area contributed by atoms with Crippen LogP contribution >= 0.6 is 0 Å². The van der Waals surface area contributed by atoms with Crippen molar-refractivity contribution in [1.82, 2.24) is 0 Å². The molecule has 12 heteroatoms. The van der Waals surface area contributed by atoms with Gasteiger partial charge in [0.2, 0.25) is 0 Å². The number of halogens is 3. The topological polar surface area (TPSA) is 124 Å². The number of anilines is 2. The maximum absolute atomic E-state index is 12.8. The summed E-state index contributed by atoms with van der Waals surface area (Å²) in [6.45, 7) is 9.11. The minimum atomic E-state index is -5.08. The van der Waals surface area contributed by atoms with Gasteiger partial charge < -0.3 is 15.1 Å². The van der Waals surface area contributed by atoms with E-state index in [2.05, 4.69) is 11.6 Å². The fourth-order valence-electron chi connectivity index (χ4n) is 3.16. The molecule has 0 aliphatic carbocycles. The first kappa shape index (κ1) is 29.8. The smallest absolute Gasteiger partial charge is 0.478 e. The zero-order valence-electron chi connectivity index (χ0n) is 19.8. The summed E-state index contributed by atoms with van der Waals surface area (Å²) in [6, 6.07) is 9.75. The molecular weight excluding hydrogens is 489 g/mol. The molecule has 0 aromatic heterocycles. The summed E-state index contributed by atoms with van der Waals surface area (Å²) in [5, 5.41) is 16.8. The number of aliphatic carboxylic acids is 1. The van der Waals surface area contributed by atoms with Gasteiger partial charge in [-0.15, -0.1) is 0 Å². The summed E-state index contributed by atoms with van der Waals surface area (Å²) in [4.78, 5) is 22.9. The van der Waals surface area contributed by atoms with Crippen LogP contribution in [0, 0.1) is 13.8 Å². The Morgan fingerprint density at radius 2 is 1.63 bits per heavy atom. The van der Waals surface area contributed by atoms with E-state index in [0.29, 0.717) is 17.8 Å². The molecule has 8 nitrogen and oxygen atoms in total. The van der Waals surface area contributed by atoms with Crippen molar-refractivity contribution in [1.29, 1.82) is 0 Å². The monoisotopic (exact) mass is 518 g/mol. The number of carboxylic acids is 2. The highest BCUT2D eigenvalue weighted by molar-refractivity contribution is 7.92. The van der Waals surface area contributed by atoms with Crippen LogP contribution in [-0.2, 0) is 14.8 Å². The Labute approximate surface area is 202 Å². The third-order valence-corrected chi connectivity index (χ3v) is 6.39. The number of sulfonamides is 1. The standard InChI is InChI=1S/C21H28N2O4S.C2HF3O2/c1-5-7-12-23(6-2)19-10-9-17(14-18(19)21(24)25)22-28(26,27)20-11-8-15(3)13-16(20)4;3-2(4,5)1(6)7/h8-11,13-14,22H,5-7,12H2,1-4H3,(H,24,25);(H,6,7). The van der Waals surface area contributed by atoms with Crippen molar-refractivity contribution in [3.8, 4) is 0 Å². The van der Waals surface area contributed by atoms with Gasteiger partial charge in [0.1, 0.15) is 0 Å². The van der Waals surface area contributed by atoms with Crippen LogP contribution in [0.1, 0.15) is 48.2 Å². The van der Waals surface area contributed by atoms with E-state index < -0.39 is 28.1 Å². The maximum Gasteiger partial charge on any atom is 0.490 e.